The standard InChI is InChI=1S/C29H27F3N2O5/c30-29(31,32)38-23-4-2-1-3-21(23)25-22(26(39-33-25)16-5-6-16)15-37-20-13-18-11-12-28(18)24(14-20)34(28)19-9-7-17(8-10-19)27(35)36/h1-4,7-10,16,18,20,24H,5-6,11-15H2,(H,35,36)/t18-,20?,24?,28?,34?/m0/s1. The first-order valence-electron chi connectivity index (χ1n) is 13.3. The fourth-order valence-electron chi connectivity index (χ4n) is 6.84. The van der Waals surface area contributed by atoms with Gasteiger partial charge in [-0.1, -0.05) is 17.3 Å². The second-order valence-corrected chi connectivity index (χ2v) is 11.1. The van der Waals surface area contributed by atoms with Gasteiger partial charge in [-0.2, -0.15) is 0 Å². The molecule has 1 saturated heterocycles. The molecule has 0 bridgehead atoms. The second-order valence-electron chi connectivity index (χ2n) is 11.1. The summed E-state index contributed by atoms with van der Waals surface area (Å²) in [6, 6.07) is 13.4. The van der Waals surface area contributed by atoms with Gasteiger partial charge >= 0.3 is 12.3 Å². The lowest BCUT2D eigenvalue weighted by Gasteiger charge is -2.42. The molecule has 39 heavy (non-hydrogen) atoms. The Morgan fingerprint density at radius 3 is 2.54 bits per heavy atom. The van der Waals surface area contributed by atoms with Crippen LogP contribution in [0.4, 0.5) is 18.9 Å². The first-order chi connectivity index (χ1) is 18.7. The topological polar surface area (TPSA) is 84.8 Å². The normalized spacial score (nSPS) is 27.4. The maximum atomic E-state index is 13.1. The van der Waals surface area contributed by atoms with Crippen molar-refractivity contribution < 1.29 is 37.1 Å². The molecule has 4 fully saturated rings. The number of halogens is 3. The van der Waals surface area contributed by atoms with Gasteiger partial charge in [0, 0.05) is 22.7 Å². The van der Waals surface area contributed by atoms with E-state index in [0.29, 0.717) is 29.0 Å². The van der Waals surface area contributed by atoms with Crippen LogP contribution in [0.2, 0.25) is 0 Å². The number of rotatable bonds is 8. The molecule has 1 aromatic heterocycles. The largest absolute Gasteiger partial charge is 0.573 e. The van der Waals surface area contributed by atoms with Crippen LogP contribution in [0.1, 0.15) is 66.1 Å². The lowest BCUT2D eigenvalue weighted by molar-refractivity contribution is -0.274. The highest BCUT2D eigenvalue weighted by Crippen LogP contribution is 2.66. The Morgan fingerprint density at radius 1 is 1.10 bits per heavy atom. The predicted molar refractivity (Wildman–Crippen MR) is 134 cm³/mol. The Morgan fingerprint density at radius 2 is 1.87 bits per heavy atom. The van der Waals surface area contributed by atoms with Crippen LogP contribution in [0.5, 0.6) is 5.75 Å². The van der Waals surface area contributed by atoms with Crippen molar-refractivity contribution in [3.63, 3.8) is 0 Å². The van der Waals surface area contributed by atoms with E-state index in [0.717, 1.165) is 44.2 Å². The molecule has 10 heteroatoms. The molecule has 4 atom stereocenters. The lowest BCUT2D eigenvalue weighted by atomic mass is 9.64. The van der Waals surface area contributed by atoms with Crippen LogP contribution >= 0.6 is 0 Å². The highest BCUT2D eigenvalue weighted by molar-refractivity contribution is 5.88. The number of hydrogen-bond acceptors (Lipinski definition) is 6. The number of benzene rings is 2. The molecule has 3 aliphatic carbocycles. The average molecular weight is 541 g/mol. The second kappa shape index (κ2) is 8.74. The number of carboxylic acids is 1. The smallest absolute Gasteiger partial charge is 0.478 e. The molecule has 3 aromatic rings. The minimum atomic E-state index is -4.82. The summed E-state index contributed by atoms with van der Waals surface area (Å²) >= 11 is 0. The van der Waals surface area contributed by atoms with Crippen LogP contribution in [0.3, 0.4) is 0 Å². The Labute approximate surface area is 222 Å². The van der Waals surface area contributed by atoms with Gasteiger partial charge < -0.3 is 24.0 Å². The third kappa shape index (κ3) is 4.16. The van der Waals surface area contributed by atoms with Crippen LogP contribution in [0.25, 0.3) is 11.3 Å². The van der Waals surface area contributed by atoms with Crippen LogP contribution in [-0.2, 0) is 11.3 Å². The summed E-state index contributed by atoms with van der Waals surface area (Å²) in [5, 5.41) is 13.4. The third-order valence-corrected chi connectivity index (χ3v) is 8.89. The summed E-state index contributed by atoms with van der Waals surface area (Å²) in [4.78, 5) is 13.7. The molecule has 0 radical (unpaired) electrons. The molecule has 1 aliphatic heterocycles. The van der Waals surface area contributed by atoms with Gasteiger partial charge in [-0.25, -0.2) is 4.79 Å². The molecular formula is C29H27F3N2O5. The fourth-order valence-corrected chi connectivity index (χ4v) is 6.84. The molecule has 4 aliphatic rings. The Kier molecular flexibility index (Phi) is 5.49. The van der Waals surface area contributed by atoms with E-state index < -0.39 is 12.3 Å². The molecule has 1 spiro atoms. The average Bonchev–Trinajstić information content (AvgIpc) is 3.80. The maximum Gasteiger partial charge on any atom is 0.573 e. The molecule has 1 N–H and O–H groups in total. The van der Waals surface area contributed by atoms with Gasteiger partial charge in [-0.15, -0.1) is 13.2 Å². The van der Waals surface area contributed by atoms with Crippen LogP contribution < -0.4 is 9.64 Å². The Balaban J connectivity index is 1.10. The highest BCUT2D eigenvalue weighted by Gasteiger charge is 2.72. The summed E-state index contributed by atoms with van der Waals surface area (Å²) in [7, 11) is 0. The van der Waals surface area contributed by atoms with Gasteiger partial charge in [0.1, 0.15) is 17.2 Å². The molecule has 2 heterocycles. The van der Waals surface area contributed by atoms with Crippen LogP contribution in [0, 0.1) is 5.92 Å². The van der Waals surface area contributed by atoms with Crippen LogP contribution in [-0.4, -0.2) is 40.3 Å². The van der Waals surface area contributed by atoms with Gasteiger partial charge in [0.25, 0.3) is 0 Å². The minimum absolute atomic E-state index is 0.00631. The zero-order valence-corrected chi connectivity index (χ0v) is 21.0. The van der Waals surface area contributed by atoms with Crippen molar-refractivity contribution in [1.29, 1.82) is 0 Å². The Bertz CT molecular complexity index is 1420. The number of carboxylic acid groups (broad SMARTS) is 1. The highest BCUT2D eigenvalue weighted by atomic mass is 19.4. The molecule has 204 valence electrons. The molecule has 3 saturated carbocycles. The van der Waals surface area contributed by atoms with E-state index in [1.807, 2.05) is 12.1 Å². The van der Waals surface area contributed by atoms with Gasteiger partial charge in [0.2, 0.25) is 0 Å². The van der Waals surface area contributed by atoms with Crippen molar-refractivity contribution in [2.24, 2.45) is 5.92 Å². The number of aromatic carboxylic acids is 1. The van der Waals surface area contributed by atoms with Crippen LogP contribution in [0.15, 0.2) is 53.1 Å². The number of hydrogen-bond donors (Lipinski definition) is 1. The van der Waals surface area contributed by atoms with Gasteiger partial charge in [0.15, 0.2) is 0 Å². The zero-order chi connectivity index (χ0) is 26.9. The molecule has 2 aromatic carbocycles. The number of carbonyl (C=O) groups is 1. The molecule has 7 rings (SSSR count). The van der Waals surface area contributed by atoms with Crippen molar-refractivity contribution in [2.75, 3.05) is 4.90 Å². The van der Waals surface area contributed by atoms with Crippen molar-refractivity contribution in [2.45, 2.75) is 75.1 Å². The quantitative estimate of drug-likeness (QED) is 0.325. The summed E-state index contributed by atoms with van der Waals surface area (Å²) in [5.41, 5.74) is 2.69. The van der Waals surface area contributed by atoms with E-state index in [1.54, 1.807) is 24.3 Å². The number of para-hydroxylation sites is 1. The summed E-state index contributed by atoms with van der Waals surface area (Å²) in [6.07, 6.45) is 1.06. The van der Waals surface area contributed by atoms with E-state index in [4.69, 9.17) is 9.26 Å². The zero-order valence-electron chi connectivity index (χ0n) is 21.0. The van der Waals surface area contributed by atoms with Crippen molar-refractivity contribution in [3.8, 4) is 17.0 Å². The first kappa shape index (κ1) is 24.5. The predicted octanol–water partition coefficient (Wildman–Crippen LogP) is 6.53. The summed E-state index contributed by atoms with van der Waals surface area (Å²) in [5.74, 6) is 0.128. The SMILES string of the molecule is O=C(O)c1ccc(N2C3CC(OCc4c(-c5ccccc5OC(F)(F)F)noc4C4CC4)C[C@@H]4CCC342)cc1. The minimum Gasteiger partial charge on any atom is -0.478 e. The number of aromatic nitrogens is 1. The maximum absolute atomic E-state index is 13.1. The number of anilines is 1. The van der Waals surface area contributed by atoms with E-state index in [9.17, 15) is 23.1 Å². The van der Waals surface area contributed by atoms with Crippen molar-refractivity contribution in [1.82, 2.24) is 5.16 Å². The Hall–Kier alpha value is -3.53. The summed E-state index contributed by atoms with van der Waals surface area (Å²) < 4.78 is 55.6. The summed E-state index contributed by atoms with van der Waals surface area (Å²) in [6.45, 7) is 0.204. The van der Waals surface area contributed by atoms with E-state index >= 15 is 0 Å². The first-order valence-corrected chi connectivity index (χ1v) is 13.3. The third-order valence-electron chi connectivity index (χ3n) is 8.89. The molecule has 3 unspecified atom stereocenters. The lowest BCUT2D eigenvalue weighted by Crippen LogP contribution is -2.46. The van der Waals surface area contributed by atoms with E-state index in [-0.39, 0.29) is 41.0 Å². The number of ether oxygens (including phenoxy) is 2. The molecule has 7 nitrogen and oxygen atoms in total. The van der Waals surface area contributed by atoms with Crippen molar-refractivity contribution in [3.05, 3.63) is 65.4 Å². The number of alkyl halides is 3. The van der Waals surface area contributed by atoms with Gasteiger partial charge in [-0.3, -0.25) is 0 Å². The van der Waals surface area contributed by atoms with Gasteiger partial charge in [0.05, 0.1) is 29.9 Å². The fraction of sp³-hybridized carbons (Fsp3) is 0.448. The van der Waals surface area contributed by atoms with E-state index in [1.165, 1.54) is 12.1 Å². The monoisotopic (exact) mass is 540 g/mol. The van der Waals surface area contributed by atoms with Crippen molar-refractivity contribution >= 4 is 11.7 Å². The number of nitrogens with zero attached hydrogens (tertiary/aromatic N) is 2. The molecule has 0 amide bonds. The van der Waals surface area contributed by atoms with E-state index in [2.05, 4.69) is 14.8 Å². The molecular weight excluding hydrogens is 513 g/mol. The van der Waals surface area contributed by atoms with Gasteiger partial charge in [-0.05, 0) is 80.8 Å².